The highest BCUT2D eigenvalue weighted by atomic mass is 32.2. The minimum absolute atomic E-state index is 0.392. The van der Waals surface area contributed by atoms with Crippen LogP contribution in [0.3, 0.4) is 0 Å². The molecule has 17 heavy (non-hydrogen) atoms. The standard InChI is InChI=1S/C10H19NO5S/c1-7(2)4-5-11-10(14)8(3)17(15,16)6-9(12)13/h7-8H,4-6H2,1-3H3,(H,11,14)(H,12,13). The Morgan fingerprint density at radius 2 is 1.76 bits per heavy atom. The summed E-state index contributed by atoms with van der Waals surface area (Å²) in [5.74, 6) is -2.72. The van der Waals surface area contributed by atoms with Gasteiger partial charge in [-0.2, -0.15) is 0 Å². The summed E-state index contributed by atoms with van der Waals surface area (Å²) in [6, 6.07) is 0. The molecule has 0 aromatic carbocycles. The Morgan fingerprint density at radius 3 is 2.18 bits per heavy atom. The molecule has 1 atom stereocenters. The van der Waals surface area contributed by atoms with Crippen molar-refractivity contribution in [3.63, 3.8) is 0 Å². The van der Waals surface area contributed by atoms with Crippen LogP contribution in [0, 0.1) is 5.92 Å². The summed E-state index contributed by atoms with van der Waals surface area (Å²) in [5, 5.41) is 9.57. The Hall–Kier alpha value is -1.11. The second-order valence-corrected chi connectivity index (χ2v) is 6.64. The molecule has 0 saturated carbocycles. The first-order valence-electron chi connectivity index (χ1n) is 5.38. The molecule has 0 aromatic rings. The maximum Gasteiger partial charge on any atom is 0.318 e. The quantitative estimate of drug-likeness (QED) is 0.676. The average Bonchev–Trinajstić information content (AvgIpc) is 2.13. The molecule has 0 aliphatic carbocycles. The number of amides is 1. The molecule has 0 aromatic heterocycles. The monoisotopic (exact) mass is 265 g/mol. The average molecular weight is 265 g/mol. The highest BCUT2D eigenvalue weighted by molar-refractivity contribution is 7.93. The van der Waals surface area contributed by atoms with E-state index in [0.29, 0.717) is 12.5 Å². The minimum Gasteiger partial charge on any atom is -0.480 e. The zero-order chi connectivity index (χ0) is 13.6. The SMILES string of the molecule is CC(C)CCNC(=O)C(C)S(=O)(=O)CC(=O)O. The number of sulfone groups is 1. The number of hydrogen-bond donors (Lipinski definition) is 2. The second kappa shape index (κ2) is 6.58. The van der Waals surface area contributed by atoms with E-state index in [2.05, 4.69) is 5.32 Å². The molecular weight excluding hydrogens is 246 g/mol. The number of carboxylic acids is 1. The highest BCUT2D eigenvalue weighted by Gasteiger charge is 2.29. The lowest BCUT2D eigenvalue weighted by Gasteiger charge is -2.12. The van der Waals surface area contributed by atoms with E-state index in [9.17, 15) is 18.0 Å². The Bertz CT molecular complexity index is 374. The first-order valence-corrected chi connectivity index (χ1v) is 7.09. The van der Waals surface area contributed by atoms with Crippen molar-refractivity contribution < 1.29 is 23.1 Å². The fourth-order valence-electron chi connectivity index (χ4n) is 1.09. The van der Waals surface area contributed by atoms with E-state index in [1.54, 1.807) is 0 Å². The van der Waals surface area contributed by atoms with Crippen molar-refractivity contribution in [1.29, 1.82) is 0 Å². The molecule has 0 radical (unpaired) electrons. The first kappa shape index (κ1) is 15.9. The van der Waals surface area contributed by atoms with Crippen molar-refractivity contribution in [2.45, 2.75) is 32.4 Å². The largest absolute Gasteiger partial charge is 0.480 e. The van der Waals surface area contributed by atoms with Crippen molar-refractivity contribution >= 4 is 21.7 Å². The van der Waals surface area contributed by atoms with Crippen LogP contribution in [0.15, 0.2) is 0 Å². The fourth-order valence-corrected chi connectivity index (χ4v) is 2.09. The van der Waals surface area contributed by atoms with Gasteiger partial charge >= 0.3 is 5.97 Å². The van der Waals surface area contributed by atoms with Crippen LogP contribution in [-0.4, -0.2) is 42.9 Å². The molecule has 0 bridgehead atoms. The second-order valence-electron chi connectivity index (χ2n) is 4.32. The molecule has 0 spiro atoms. The Labute approximate surface area is 101 Å². The van der Waals surface area contributed by atoms with E-state index in [-0.39, 0.29) is 0 Å². The van der Waals surface area contributed by atoms with Crippen molar-refractivity contribution in [3.05, 3.63) is 0 Å². The lowest BCUT2D eigenvalue weighted by molar-refractivity contribution is -0.134. The van der Waals surface area contributed by atoms with Gasteiger partial charge in [0.2, 0.25) is 5.91 Å². The predicted octanol–water partition coefficient (Wildman–Crippen LogP) is 0.0366. The Kier molecular flexibility index (Phi) is 6.15. The van der Waals surface area contributed by atoms with Crippen LogP contribution < -0.4 is 5.32 Å². The van der Waals surface area contributed by atoms with Gasteiger partial charge in [-0.05, 0) is 19.3 Å². The molecule has 100 valence electrons. The van der Waals surface area contributed by atoms with E-state index >= 15 is 0 Å². The fraction of sp³-hybridized carbons (Fsp3) is 0.800. The van der Waals surface area contributed by atoms with Crippen LogP contribution >= 0.6 is 0 Å². The maximum absolute atomic E-state index is 11.5. The van der Waals surface area contributed by atoms with Crippen LogP contribution in [0.1, 0.15) is 27.2 Å². The van der Waals surface area contributed by atoms with Gasteiger partial charge in [-0.25, -0.2) is 8.42 Å². The topological polar surface area (TPSA) is 101 Å². The third kappa shape index (κ3) is 6.25. The number of hydrogen-bond acceptors (Lipinski definition) is 4. The van der Waals surface area contributed by atoms with Crippen LogP contribution in [0.5, 0.6) is 0 Å². The van der Waals surface area contributed by atoms with E-state index in [0.717, 1.165) is 6.42 Å². The van der Waals surface area contributed by atoms with Gasteiger partial charge in [-0.1, -0.05) is 13.8 Å². The van der Waals surface area contributed by atoms with Gasteiger partial charge in [0.15, 0.2) is 9.84 Å². The third-order valence-corrected chi connectivity index (χ3v) is 4.19. The first-order chi connectivity index (χ1) is 7.66. The summed E-state index contributed by atoms with van der Waals surface area (Å²) in [4.78, 5) is 21.8. The molecule has 0 rings (SSSR count). The molecule has 0 heterocycles. The highest BCUT2D eigenvalue weighted by Crippen LogP contribution is 2.03. The smallest absolute Gasteiger partial charge is 0.318 e. The molecule has 7 heteroatoms. The summed E-state index contributed by atoms with van der Waals surface area (Å²) >= 11 is 0. The summed E-state index contributed by atoms with van der Waals surface area (Å²) in [6.45, 7) is 5.56. The van der Waals surface area contributed by atoms with Gasteiger partial charge in [0, 0.05) is 6.54 Å². The molecule has 0 aliphatic rings. The van der Waals surface area contributed by atoms with Crippen LogP contribution in [-0.2, 0) is 19.4 Å². The number of carbonyl (C=O) groups is 2. The molecule has 0 fully saturated rings. The van der Waals surface area contributed by atoms with Gasteiger partial charge in [-0.3, -0.25) is 9.59 Å². The van der Waals surface area contributed by atoms with Crippen LogP contribution in [0.25, 0.3) is 0 Å². The number of carbonyl (C=O) groups excluding carboxylic acids is 1. The Morgan fingerprint density at radius 1 is 1.24 bits per heavy atom. The lowest BCUT2D eigenvalue weighted by atomic mass is 10.1. The van der Waals surface area contributed by atoms with Crippen molar-refractivity contribution in [3.8, 4) is 0 Å². The number of aliphatic carboxylic acids is 1. The van der Waals surface area contributed by atoms with Gasteiger partial charge in [0.05, 0.1) is 0 Å². The van der Waals surface area contributed by atoms with Crippen molar-refractivity contribution in [2.75, 3.05) is 12.3 Å². The summed E-state index contributed by atoms with van der Waals surface area (Å²) < 4.78 is 22.9. The van der Waals surface area contributed by atoms with E-state index in [1.807, 2.05) is 13.8 Å². The zero-order valence-electron chi connectivity index (χ0n) is 10.3. The molecule has 6 nitrogen and oxygen atoms in total. The van der Waals surface area contributed by atoms with Gasteiger partial charge in [-0.15, -0.1) is 0 Å². The van der Waals surface area contributed by atoms with E-state index in [4.69, 9.17) is 5.11 Å². The van der Waals surface area contributed by atoms with E-state index in [1.165, 1.54) is 6.92 Å². The molecule has 1 unspecified atom stereocenters. The summed E-state index contributed by atoms with van der Waals surface area (Å²) in [5.41, 5.74) is 0. The predicted molar refractivity (Wildman–Crippen MR) is 63.3 cm³/mol. The van der Waals surface area contributed by atoms with Crippen molar-refractivity contribution in [2.24, 2.45) is 5.92 Å². The Balaban J connectivity index is 4.35. The molecule has 2 N–H and O–H groups in total. The van der Waals surface area contributed by atoms with Gasteiger partial charge in [0.25, 0.3) is 0 Å². The molecule has 1 amide bonds. The van der Waals surface area contributed by atoms with Gasteiger partial charge < -0.3 is 10.4 Å². The molecule has 0 saturated heterocycles. The van der Waals surface area contributed by atoms with Crippen LogP contribution in [0.2, 0.25) is 0 Å². The number of nitrogens with one attached hydrogen (secondary N) is 1. The normalized spacial score (nSPS) is 13.4. The van der Waals surface area contributed by atoms with Crippen LogP contribution in [0.4, 0.5) is 0 Å². The molecule has 0 aliphatic heterocycles. The van der Waals surface area contributed by atoms with E-state index < -0.39 is 32.7 Å². The summed E-state index contributed by atoms with van der Waals surface area (Å²) in [7, 11) is -3.92. The summed E-state index contributed by atoms with van der Waals surface area (Å²) in [6.07, 6.45) is 0.747. The molecular formula is C10H19NO5S. The number of carboxylic acid groups (broad SMARTS) is 1. The number of rotatable bonds is 7. The lowest BCUT2D eigenvalue weighted by Crippen LogP contribution is -2.40. The van der Waals surface area contributed by atoms with Crippen molar-refractivity contribution in [1.82, 2.24) is 5.32 Å². The zero-order valence-corrected chi connectivity index (χ0v) is 11.1. The third-order valence-electron chi connectivity index (χ3n) is 2.25. The van der Waals surface area contributed by atoms with Gasteiger partial charge in [0.1, 0.15) is 11.0 Å². The minimum atomic E-state index is -3.92. The maximum atomic E-state index is 11.5.